The fraction of sp³-hybridized carbons (Fsp3) is 0.269. The van der Waals surface area contributed by atoms with Crippen molar-refractivity contribution in [2.45, 2.75) is 42.1 Å². The van der Waals surface area contributed by atoms with Gasteiger partial charge in [0.15, 0.2) is 11.5 Å². The number of sulfone groups is 1. The molecule has 0 saturated heterocycles. The molecule has 35 heavy (non-hydrogen) atoms. The number of halogens is 1. The molecule has 0 aromatic heterocycles. The lowest BCUT2D eigenvalue weighted by Crippen LogP contribution is -2.23. The van der Waals surface area contributed by atoms with Crippen LogP contribution in [0.5, 0.6) is 11.5 Å². The van der Waals surface area contributed by atoms with Gasteiger partial charge in [-0.05, 0) is 66.9 Å². The van der Waals surface area contributed by atoms with Crippen molar-refractivity contribution in [1.29, 1.82) is 0 Å². The Labute approximate surface area is 210 Å². The number of benzene rings is 3. The highest BCUT2D eigenvalue weighted by molar-refractivity contribution is 7.91. The van der Waals surface area contributed by atoms with Gasteiger partial charge in [-0.3, -0.25) is 4.79 Å². The van der Waals surface area contributed by atoms with Gasteiger partial charge in [0.1, 0.15) is 0 Å². The van der Waals surface area contributed by atoms with E-state index >= 15 is 0 Å². The third-order valence-corrected chi connectivity index (χ3v) is 7.32. The van der Waals surface area contributed by atoms with Crippen LogP contribution in [0.25, 0.3) is 0 Å². The number of aliphatic hydroxyl groups is 1. The minimum absolute atomic E-state index is 0.0842. The summed E-state index contributed by atoms with van der Waals surface area (Å²) in [7, 11) is -3.88. The van der Waals surface area contributed by atoms with E-state index < -0.39 is 21.9 Å². The molecule has 0 radical (unpaired) electrons. The molecule has 9 heteroatoms. The van der Waals surface area contributed by atoms with Gasteiger partial charge in [0.05, 0.1) is 15.9 Å². The van der Waals surface area contributed by atoms with Crippen LogP contribution in [-0.4, -0.2) is 37.7 Å². The van der Waals surface area contributed by atoms with E-state index in [1.54, 1.807) is 30.3 Å². The number of phenolic OH excluding ortho intramolecular Hbond substituents is 1. The largest absolute Gasteiger partial charge is 0.504 e. The first-order valence-electron chi connectivity index (χ1n) is 11.2. The van der Waals surface area contributed by atoms with Crippen LogP contribution in [-0.2, 0) is 21.1 Å². The molecule has 3 N–H and O–H groups in total. The van der Waals surface area contributed by atoms with Gasteiger partial charge in [-0.1, -0.05) is 42.8 Å². The molecule has 0 bridgehead atoms. The molecule has 3 rings (SSSR count). The van der Waals surface area contributed by atoms with Crippen LogP contribution < -0.4 is 10.1 Å². The van der Waals surface area contributed by atoms with Crippen molar-refractivity contribution in [2.75, 3.05) is 13.1 Å². The molecule has 3 aromatic rings. The fourth-order valence-electron chi connectivity index (χ4n) is 3.40. The van der Waals surface area contributed by atoms with Crippen LogP contribution in [0.2, 0.25) is 5.02 Å². The second-order valence-corrected chi connectivity index (χ2v) is 10.4. The number of carbonyl (C=O) groups excluding carboxylic acids is 1. The van der Waals surface area contributed by atoms with Crippen LogP contribution in [0.4, 0.5) is 0 Å². The van der Waals surface area contributed by atoms with Crippen LogP contribution in [0.3, 0.4) is 0 Å². The number of esters is 1. The third-order valence-electron chi connectivity index (χ3n) is 5.31. The van der Waals surface area contributed by atoms with Crippen molar-refractivity contribution in [3.63, 3.8) is 0 Å². The van der Waals surface area contributed by atoms with Crippen LogP contribution in [0, 0.1) is 0 Å². The number of rotatable bonds is 11. The van der Waals surface area contributed by atoms with Crippen LogP contribution >= 0.6 is 11.6 Å². The maximum atomic E-state index is 13.0. The zero-order valence-electron chi connectivity index (χ0n) is 19.3. The first-order valence-corrected chi connectivity index (χ1v) is 13.1. The lowest BCUT2D eigenvalue weighted by atomic mass is 10.1. The van der Waals surface area contributed by atoms with Crippen molar-refractivity contribution in [3.8, 4) is 11.5 Å². The van der Waals surface area contributed by atoms with Crippen molar-refractivity contribution in [1.82, 2.24) is 5.32 Å². The molecule has 0 unspecified atom stereocenters. The molecule has 7 nitrogen and oxygen atoms in total. The number of carbonyl (C=O) groups is 1. The highest BCUT2D eigenvalue weighted by atomic mass is 35.5. The molecular weight excluding hydrogens is 490 g/mol. The van der Waals surface area contributed by atoms with Gasteiger partial charge >= 0.3 is 5.97 Å². The van der Waals surface area contributed by atoms with E-state index in [1.165, 1.54) is 24.3 Å². The summed E-state index contributed by atoms with van der Waals surface area (Å²) >= 11 is 5.96. The monoisotopic (exact) mass is 517 g/mol. The molecule has 0 amide bonds. The molecule has 0 aliphatic rings. The van der Waals surface area contributed by atoms with Gasteiger partial charge in [0.2, 0.25) is 9.84 Å². The third kappa shape index (κ3) is 7.29. The number of aliphatic hydroxyl groups excluding tert-OH is 1. The van der Waals surface area contributed by atoms with E-state index in [0.717, 1.165) is 17.2 Å². The average molecular weight is 518 g/mol. The number of phenols is 1. The van der Waals surface area contributed by atoms with Crippen molar-refractivity contribution >= 4 is 27.4 Å². The Balaban J connectivity index is 1.60. The predicted octanol–water partition coefficient (Wildman–Crippen LogP) is 4.45. The van der Waals surface area contributed by atoms with Gasteiger partial charge in [0.25, 0.3) is 0 Å². The summed E-state index contributed by atoms with van der Waals surface area (Å²) in [4.78, 5) is 11.8. The Morgan fingerprint density at radius 2 is 1.77 bits per heavy atom. The summed E-state index contributed by atoms with van der Waals surface area (Å²) in [5.41, 5.74) is 1.66. The molecule has 0 fully saturated rings. The molecule has 3 aromatic carbocycles. The minimum atomic E-state index is -3.88. The number of nitrogens with one attached hydrogen (secondary N) is 1. The molecule has 1 atom stereocenters. The number of ether oxygens (including phenoxy) is 1. The summed E-state index contributed by atoms with van der Waals surface area (Å²) in [6.07, 6.45) is 0.686. The standard InChI is InChI=1S/C26H28ClNO6S/c1-2-4-26(31)34-25-16-22(11-12-23(25)29)35(32,33)21-9-7-18(8-10-21)13-14-28-17-24(30)19-5-3-6-20(27)15-19/h3,5-12,15-16,24,28-30H,2,4,13-14,17H2,1H3/t24-/m0/s1. The minimum Gasteiger partial charge on any atom is -0.504 e. The summed E-state index contributed by atoms with van der Waals surface area (Å²) in [6.45, 7) is 2.76. The van der Waals surface area contributed by atoms with Gasteiger partial charge < -0.3 is 20.3 Å². The van der Waals surface area contributed by atoms with E-state index in [-0.39, 0.29) is 27.7 Å². The molecule has 0 heterocycles. The SMILES string of the molecule is CCCC(=O)Oc1cc(S(=O)(=O)c2ccc(CCNC[C@H](O)c3cccc(Cl)c3)cc2)ccc1O. The number of aromatic hydroxyl groups is 1. The van der Waals surface area contributed by atoms with E-state index in [2.05, 4.69) is 5.32 Å². The second kappa shape index (κ2) is 12.2. The normalized spacial score (nSPS) is 12.3. The number of hydrogen-bond acceptors (Lipinski definition) is 7. The maximum Gasteiger partial charge on any atom is 0.311 e. The fourth-order valence-corrected chi connectivity index (χ4v) is 4.87. The summed E-state index contributed by atoms with van der Waals surface area (Å²) in [6, 6.07) is 17.2. The first-order chi connectivity index (χ1) is 16.7. The summed E-state index contributed by atoms with van der Waals surface area (Å²) < 4.78 is 31.2. The Morgan fingerprint density at radius 3 is 2.46 bits per heavy atom. The summed E-state index contributed by atoms with van der Waals surface area (Å²) in [5, 5.41) is 23.9. The van der Waals surface area contributed by atoms with E-state index in [4.69, 9.17) is 16.3 Å². The second-order valence-electron chi connectivity index (χ2n) is 8.03. The lowest BCUT2D eigenvalue weighted by Gasteiger charge is -2.13. The Morgan fingerprint density at radius 1 is 1.06 bits per heavy atom. The average Bonchev–Trinajstić information content (AvgIpc) is 2.83. The maximum absolute atomic E-state index is 13.0. The van der Waals surface area contributed by atoms with Gasteiger partial charge in [-0.2, -0.15) is 0 Å². The molecule has 0 saturated carbocycles. The Bertz CT molecular complexity index is 1260. The lowest BCUT2D eigenvalue weighted by molar-refractivity contribution is -0.134. The molecule has 0 aliphatic heterocycles. The van der Waals surface area contributed by atoms with Crippen LogP contribution in [0.15, 0.2) is 76.5 Å². The van der Waals surface area contributed by atoms with Crippen molar-refractivity contribution < 1.29 is 28.2 Å². The Kier molecular flexibility index (Phi) is 9.28. The number of hydrogen-bond donors (Lipinski definition) is 3. The van der Waals surface area contributed by atoms with E-state index in [0.29, 0.717) is 31.0 Å². The highest BCUT2D eigenvalue weighted by Crippen LogP contribution is 2.32. The topological polar surface area (TPSA) is 113 Å². The predicted molar refractivity (Wildman–Crippen MR) is 134 cm³/mol. The van der Waals surface area contributed by atoms with Gasteiger partial charge in [-0.25, -0.2) is 8.42 Å². The van der Waals surface area contributed by atoms with Gasteiger partial charge in [-0.15, -0.1) is 0 Å². The van der Waals surface area contributed by atoms with Crippen molar-refractivity contribution in [3.05, 3.63) is 82.9 Å². The zero-order valence-corrected chi connectivity index (χ0v) is 20.8. The molecule has 0 aliphatic carbocycles. The van der Waals surface area contributed by atoms with E-state index in [9.17, 15) is 23.4 Å². The summed E-state index contributed by atoms with van der Waals surface area (Å²) in [5.74, 6) is -1.04. The highest BCUT2D eigenvalue weighted by Gasteiger charge is 2.20. The molecule has 0 spiro atoms. The van der Waals surface area contributed by atoms with Gasteiger partial charge in [0, 0.05) is 24.1 Å². The quantitative estimate of drug-likeness (QED) is 0.196. The Hall–Kier alpha value is -2.91. The van der Waals surface area contributed by atoms with E-state index in [1.807, 2.05) is 13.0 Å². The molecular formula is C26H28ClNO6S. The smallest absolute Gasteiger partial charge is 0.311 e. The zero-order chi connectivity index (χ0) is 25.4. The van der Waals surface area contributed by atoms with Crippen molar-refractivity contribution in [2.24, 2.45) is 0 Å². The van der Waals surface area contributed by atoms with Crippen LogP contribution in [0.1, 0.15) is 37.0 Å². The first kappa shape index (κ1) is 26.7. The molecule has 186 valence electrons.